The van der Waals surface area contributed by atoms with Crippen LogP contribution in [0.15, 0.2) is 6.20 Å². The molecule has 1 aliphatic heterocycles. The minimum absolute atomic E-state index is 0.0761. The van der Waals surface area contributed by atoms with Gasteiger partial charge >= 0.3 is 0 Å². The van der Waals surface area contributed by atoms with Crippen molar-refractivity contribution in [2.75, 3.05) is 19.3 Å². The SMILES string of the molecule is CN1CCC(NC(=O)c2nn(C)cc2N)C1=O. The average Bonchev–Trinajstić information content (AvgIpc) is 2.75. The molecular weight excluding hydrogens is 222 g/mol. The molecule has 1 saturated heterocycles. The molecule has 17 heavy (non-hydrogen) atoms. The van der Waals surface area contributed by atoms with Crippen molar-refractivity contribution in [1.82, 2.24) is 20.0 Å². The van der Waals surface area contributed by atoms with Crippen molar-refractivity contribution >= 4 is 17.5 Å². The van der Waals surface area contributed by atoms with Gasteiger partial charge in [0, 0.05) is 26.8 Å². The second-order valence-corrected chi connectivity index (χ2v) is 4.18. The molecule has 1 aliphatic rings. The number of aryl methyl sites for hydroxylation is 1. The van der Waals surface area contributed by atoms with Crippen molar-refractivity contribution in [3.8, 4) is 0 Å². The van der Waals surface area contributed by atoms with Crippen LogP contribution in [0.5, 0.6) is 0 Å². The number of carbonyl (C=O) groups excluding carboxylic acids is 2. The second kappa shape index (κ2) is 4.08. The van der Waals surface area contributed by atoms with Crippen LogP contribution >= 0.6 is 0 Å². The molecule has 3 N–H and O–H groups in total. The number of nitrogens with zero attached hydrogens (tertiary/aromatic N) is 3. The molecule has 1 aromatic heterocycles. The fourth-order valence-electron chi connectivity index (χ4n) is 1.87. The lowest BCUT2D eigenvalue weighted by Crippen LogP contribution is -2.40. The zero-order valence-electron chi connectivity index (χ0n) is 9.80. The van der Waals surface area contributed by atoms with Crippen molar-refractivity contribution in [2.45, 2.75) is 12.5 Å². The van der Waals surface area contributed by atoms with E-state index in [4.69, 9.17) is 5.73 Å². The van der Waals surface area contributed by atoms with E-state index < -0.39 is 11.9 Å². The Morgan fingerprint density at radius 2 is 2.29 bits per heavy atom. The fourth-order valence-corrected chi connectivity index (χ4v) is 1.87. The van der Waals surface area contributed by atoms with Crippen molar-refractivity contribution < 1.29 is 9.59 Å². The van der Waals surface area contributed by atoms with Crippen LogP contribution in [0.4, 0.5) is 5.69 Å². The molecule has 2 rings (SSSR count). The summed E-state index contributed by atoms with van der Waals surface area (Å²) in [6, 6.07) is -0.464. The van der Waals surface area contributed by atoms with Crippen molar-refractivity contribution in [3.63, 3.8) is 0 Å². The van der Waals surface area contributed by atoms with Gasteiger partial charge in [-0.15, -0.1) is 0 Å². The predicted octanol–water partition coefficient (Wildman–Crippen LogP) is -1.04. The molecule has 7 heteroatoms. The first-order valence-corrected chi connectivity index (χ1v) is 5.34. The molecule has 2 amide bonds. The lowest BCUT2D eigenvalue weighted by Gasteiger charge is -2.11. The summed E-state index contributed by atoms with van der Waals surface area (Å²) in [6.07, 6.45) is 2.17. The van der Waals surface area contributed by atoms with Gasteiger partial charge in [-0.3, -0.25) is 14.3 Å². The van der Waals surface area contributed by atoms with Gasteiger partial charge in [-0.05, 0) is 6.42 Å². The number of nitrogens with two attached hydrogens (primary N) is 1. The summed E-state index contributed by atoms with van der Waals surface area (Å²) in [4.78, 5) is 25.1. The van der Waals surface area contributed by atoms with E-state index in [1.807, 2.05) is 0 Å². The molecule has 0 bridgehead atoms. The van der Waals surface area contributed by atoms with Crippen molar-refractivity contribution in [1.29, 1.82) is 0 Å². The minimum atomic E-state index is -0.464. The van der Waals surface area contributed by atoms with Crippen LogP contribution in [0.25, 0.3) is 0 Å². The molecule has 0 aromatic carbocycles. The molecule has 1 unspecified atom stereocenters. The lowest BCUT2D eigenvalue weighted by molar-refractivity contribution is -0.128. The van der Waals surface area contributed by atoms with E-state index in [-0.39, 0.29) is 11.6 Å². The summed E-state index contributed by atoms with van der Waals surface area (Å²) in [7, 11) is 3.39. The van der Waals surface area contributed by atoms with Crippen molar-refractivity contribution in [2.24, 2.45) is 7.05 Å². The third-order valence-electron chi connectivity index (χ3n) is 2.80. The molecule has 0 saturated carbocycles. The largest absolute Gasteiger partial charge is 0.396 e. The Kier molecular flexibility index (Phi) is 2.74. The van der Waals surface area contributed by atoms with Crippen LogP contribution in [-0.4, -0.2) is 46.1 Å². The number of nitrogens with one attached hydrogen (secondary N) is 1. The molecule has 7 nitrogen and oxygen atoms in total. The van der Waals surface area contributed by atoms with E-state index in [0.29, 0.717) is 18.7 Å². The number of aromatic nitrogens is 2. The van der Waals surface area contributed by atoms with Gasteiger partial charge in [0.1, 0.15) is 6.04 Å². The van der Waals surface area contributed by atoms with Crippen LogP contribution in [0.3, 0.4) is 0 Å². The van der Waals surface area contributed by atoms with Gasteiger partial charge in [0.15, 0.2) is 5.69 Å². The smallest absolute Gasteiger partial charge is 0.274 e. The van der Waals surface area contributed by atoms with Crippen molar-refractivity contribution in [3.05, 3.63) is 11.9 Å². The molecule has 0 aliphatic carbocycles. The van der Waals surface area contributed by atoms with Gasteiger partial charge in [-0.2, -0.15) is 5.10 Å². The van der Waals surface area contributed by atoms with E-state index in [1.54, 1.807) is 25.2 Å². The lowest BCUT2D eigenvalue weighted by atomic mass is 10.2. The maximum Gasteiger partial charge on any atom is 0.274 e. The van der Waals surface area contributed by atoms with E-state index in [0.717, 1.165) is 0 Å². The Balaban J connectivity index is 2.07. The van der Waals surface area contributed by atoms with Gasteiger partial charge in [0.2, 0.25) is 5.91 Å². The maximum atomic E-state index is 11.8. The normalized spacial score (nSPS) is 19.8. The van der Waals surface area contributed by atoms with Crippen LogP contribution in [0.2, 0.25) is 0 Å². The second-order valence-electron chi connectivity index (χ2n) is 4.18. The summed E-state index contributed by atoms with van der Waals surface area (Å²) in [5.74, 6) is -0.482. The highest BCUT2D eigenvalue weighted by Crippen LogP contribution is 2.12. The Morgan fingerprint density at radius 3 is 2.76 bits per heavy atom. The van der Waals surface area contributed by atoms with Crippen LogP contribution < -0.4 is 11.1 Å². The Morgan fingerprint density at radius 1 is 1.59 bits per heavy atom. The highest BCUT2D eigenvalue weighted by Gasteiger charge is 2.31. The third-order valence-corrected chi connectivity index (χ3v) is 2.80. The first-order valence-electron chi connectivity index (χ1n) is 5.34. The van der Waals surface area contributed by atoms with E-state index in [2.05, 4.69) is 10.4 Å². The molecule has 1 atom stereocenters. The fraction of sp³-hybridized carbons (Fsp3) is 0.500. The van der Waals surface area contributed by atoms with Gasteiger partial charge < -0.3 is 16.0 Å². The number of likely N-dealkylation sites (tertiary alicyclic amines) is 1. The highest BCUT2D eigenvalue weighted by atomic mass is 16.2. The molecule has 92 valence electrons. The average molecular weight is 237 g/mol. The molecular formula is C10H15N5O2. The summed E-state index contributed by atoms with van der Waals surface area (Å²) >= 11 is 0. The van der Waals surface area contributed by atoms with Crippen LogP contribution in [0, 0.1) is 0 Å². The monoisotopic (exact) mass is 237 g/mol. The summed E-state index contributed by atoms with van der Waals surface area (Å²) in [6.45, 7) is 0.654. The summed E-state index contributed by atoms with van der Waals surface area (Å²) in [5.41, 5.74) is 6.11. The Labute approximate surface area is 98.6 Å². The molecule has 1 aromatic rings. The van der Waals surface area contributed by atoms with Gasteiger partial charge in [0.05, 0.1) is 5.69 Å². The molecule has 2 heterocycles. The Hall–Kier alpha value is -2.05. The number of hydrogen-bond donors (Lipinski definition) is 2. The molecule has 0 spiro atoms. The Bertz CT molecular complexity index is 467. The number of hydrogen-bond acceptors (Lipinski definition) is 4. The minimum Gasteiger partial charge on any atom is -0.396 e. The standard InChI is InChI=1S/C10H15N5O2/c1-14-4-3-7(10(14)17)12-9(16)8-6(11)5-15(2)13-8/h5,7H,3-4,11H2,1-2H3,(H,12,16). The predicted molar refractivity (Wildman–Crippen MR) is 61.1 cm³/mol. The maximum absolute atomic E-state index is 11.8. The van der Waals surface area contributed by atoms with E-state index in [1.165, 1.54) is 4.68 Å². The zero-order chi connectivity index (χ0) is 12.6. The van der Waals surface area contributed by atoms with Crippen LogP contribution in [0.1, 0.15) is 16.9 Å². The first-order chi connectivity index (χ1) is 7.99. The number of nitrogen functional groups attached to an aromatic ring is 1. The number of anilines is 1. The molecule has 1 fully saturated rings. The highest BCUT2D eigenvalue weighted by molar-refractivity contribution is 6.00. The topological polar surface area (TPSA) is 93.2 Å². The number of rotatable bonds is 2. The van der Waals surface area contributed by atoms with Gasteiger partial charge in [0.25, 0.3) is 5.91 Å². The quantitative estimate of drug-likeness (QED) is 0.687. The number of carbonyl (C=O) groups is 2. The first kappa shape index (κ1) is 11.4. The van der Waals surface area contributed by atoms with Crippen LogP contribution in [-0.2, 0) is 11.8 Å². The third kappa shape index (κ3) is 2.08. The number of likely N-dealkylation sites (N-methyl/N-ethyl adjacent to an activating group) is 1. The summed E-state index contributed by atoms with van der Waals surface area (Å²) in [5, 5.41) is 6.59. The van der Waals surface area contributed by atoms with E-state index in [9.17, 15) is 9.59 Å². The van der Waals surface area contributed by atoms with E-state index >= 15 is 0 Å². The molecule has 0 radical (unpaired) electrons. The number of amides is 2. The zero-order valence-corrected chi connectivity index (χ0v) is 9.80. The van der Waals surface area contributed by atoms with Gasteiger partial charge in [-0.1, -0.05) is 0 Å². The van der Waals surface area contributed by atoms with Gasteiger partial charge in [-0.25, -0.2) is 0 Å². The summed E-state index contributed by atoms with van der Waals surface area (Å²) < 4.78 is 1.47.